The van der Waals surface area contributed by atoms with Crippen molar-refractivity contribution in [2.75, 3.05) is 6.61 Å². The fourth-order valence-electron chi connectivity index (χ4n) is 3.97. The number of carbonyl (C=O) groups is 2. The van der Waals surface area contributed by atoms with Crippen molar-refractivity contribution in [2.24, 2.45) is 5.41 Å². The fourth-order valence-corrected chi connectivity index (χ4v) is 3.97. The largest absolute Gasteiger partial charge is 0.466 e. The van der Waals surface area contributed by atoms with Crippen LogP contribution >= 0.6 is 0 Å². The molecule has 20 heavy (non-hydrogen) atoms. The molecule has 3 atom stereocenters. The summed E-state index contributed by atoms with van der Waals surface area (Å²) in [6.45, 7) is 9.52. The second-order valence-electron chi connectivity index (χ2n) is 6.77. The van der Waals surface area contributed by atoms with Gasteiger partial charge in [0, 0.05) is 32.1 Å². The SMILES string of the molecule is CC(=O)OCC[C@@]12O[C@]1(C)C[C@@H](OC(C)=O)CC2(C)C. The Morgan fingerprint density at radius 3 is 2.30 bits per heavy atom. The molecule has 0 unspecified atom stereocenters. The maximum atomic E-state index is 11.2. The maximum absolute atomic E-state index is 11.2. The quantitative estimate of drug-likeness (QED) is 0.585. The van der Waals surface area contributed by atoms with E-state index in [-0.39, 0.29) is 34.7 Å². The molecule has 0 radical (unpaired) electrons. The minimum absolute atomic E-state index is 0.100. The summed E-state index contributed by atoms with van der Waals surface area (Å²) in [5.74, 6) is -0.516. The van der Waals surface area contributed by atoms with E-state index in [0.717, 1.165) is 6.42 Å². The summed E-state index contributed by atoms with van der Waals surface area (Å²) < 4.78 is 16.5. The van der Waals surface area contributed by atoms with Crippen molar-refractivity contribution in [3.8, 4) is 0 Å². The normalized spacial score (nSPS) is 37.8. The zero-order chi connectivity index (χ0) is 15.2. The summed E-state index contributed by atoms with van der Waals surface area (Å²) in [5, 5.41) is 0. The van der Waals surface area contributed by atoms with Crippen LogP contribution in [-0.2, 0) is 23.8 Å². The summed E-state index contributed by atoms with van der Waals surface area (Å²) in [4.78, 5) is 22.1. The zero-order valence-corrected chi connectivity index (χ0v) is 12.9. The highest BCUT2D eigenvalue weighted by molar-refractivity contribution is 5.66. The van der Waals surface area contributed by atoms with Crippen molar-refractivity contribution in [1.82, 2.24) is 0 Å². The monoisotopic (exact) mass is 284 g/mol. The molecule has 1 aliphatic carbocycles. The van der Waals surface area contributed by atoms with Gasteiger partial charge >= 0.3 is 11.9 Å². The molecule has 0 N–H and O–H groups in total. The van der Waals surface area contributed by atoms with Crippen LogP contribution in [0.2, 0.25) is 0 Å². The Kier molecular flexibility index (Phi) is 3.61. The molecule has 5 nitrogen and oxygen atoms in total. The predicted molar refractivity (Wildman–Crippen MR) is 72.0 cm³/mol. The molecular weight excluding hydrogens is 260 g/mol. The van der Waals surface area contributed by atoms with Crippen LogP contribution in [0.25, 0.3) is 0 Å². The topological polar surface area (TPSA) is 65.1 Å². The third-order valence-corrected chi connectivity index (χ3v) is 4.75. The molecule has 114 valence electrons. The summed E-state index contributed by atoms with van der Waals surface area (Å²) >= 11 is 0. The minimum atomic E-state index is -0.297. The van der Waals surface area contributed by atoms with E-state index in [1.165, 1.54) is 13.8 Å². The van der Waals surface area contributed by atoms with E-state index >= 15 is 0 Å². The molecule has 2 fully saturated rings. The second-order valence-corrected chi connectivity index (χ2v) is 6.77. The lowest BCUT2D eigenvalue weighted by Crippen LogP contribution is -2.48. The number of fused-ring (bicyclic) bond motifs is 1. The summed E-state index contributed by atoms with van der Waals surface area (Å²) in [7, 11) is 0. The minimum Gasteiger partial charge on any atom is -0.466 e. The lowest BCUT2D eigenvalue weighted by Gasteiger charge is -2.41. The summed E-state index contributed by atoms with van der Waals surface area (Å²) in [5.41, 5.74) is -0.707. The molecule has 2 rings (SSSR count). The molecule has 1 heterocycles. The standard InChI is InChI=1S/C15H24O5/c1-10(16)18-7-6-15-13(3,4)8-12(19-11(2)17)9-14(15,5)20-15/h12H,6-9H2,1-5H3/t12-,14+,15-/m0/s1. The lowest BCUT2D eigenvalue weighted by molar-refractivity contribution is -0.151. The van der Waals surface area contributed by atoms with Crippen LogP contribution in [0.1, 0.15) is 53.9 Å². The van der Waals surface area contributed by atoms with Gasteiger partial charge in [0.05, 0.1) is 12.2 Å². The molecule has 0 aromatic heterocycles. The van der Waals surface area contributed by atoms with E-state index in [2.05, 4.69) is 20.8 Å². The number of rotatable bonds is 4. The van der Waals surface area contributed by atoms with E-state index in [9.17, 15) is 9.59 Å². The number of ether oxygens (including phenoxy) is 3. The smallest absolute Gasteiger partial charge is 0.302 e. The van der Waals surface area contributed by atoms with Crippen LogP contribution in [-0.4, -0.2) is 35.9 Å². The molecule has 0 amide bonds. The van der Waals surface area contributed by atoms with Gasteiger partial charge in [0.25, 0.3) is 0 Å². The van der Waals surface area contributed by atoms with Gasteiger partial charge in [-0.25, -0.2) is 0 Å². The van der Waals surface area contributed by atoms with E-state index in [1.807, 2.05) is 0 Å². The van der Waals surface area contributed by atoms with Gasteiger partial charge in [-0.1, -0.05) is 13.8 Å². The zero-order valence-electron chi connectivity index (χ0n) is 12.9. The molecule has 0 aromatic carbocycles. The van der Waals surface area contributed by atoms with E-state index < -0.39 is 0 Å². The van der Waals surface area contributed by atoms with Crippen molar-refractivity contribution in [1.29, 1.82) is 0 Å². The third kappa shape index (κ3) is 2.43. The van der Waals surface area contributed by atoms with Crippen molar-refractivity contribution < 1.29 is 23.8 Å². The summed E-state index contributed by atoms with van der Waals surface area (Å²) in [6.07, 6.45) is 2.05. The first-order valence-electron chi connectivity index (χ1n) is 7.13. The van der Waals surface area contributed by atoms with E-state index in [4.69, 9.17) is 14.2 Å². The van der Waals surface area contributed by atoms with Crippen LogP contribution in [0, 0.1) is 5.41 Å². The van der Waals surface area contributed by atoms with Crippen molar-refractivity contribution >= 4 is 11.9 Å². The second kappa shape index (κ2) is 4.72. The van der Waals surface area contributed by atoms with E-state index in [1.54, 1.807) is 0 Å². The number of carbonyl (C=O) groups excluding carboxylic acids is 2. The molecule has 0 spiro atoms. The van der Waals surface area contributed by atoms with Gasteiger partial charge in [-0.2, -0.15) is 0 Å². The Morgan fingerprint density at radius 2 is 1.80 bits per heavy atom. The molecule has 0 bridgehead atoms. The van der Waals surface area contributed by atoms with Gasteiger partial charge < -0.3 is 14.2 Å². The van der Waals surface area contributed by atoms with Crippen LogP contribution < -0.4 is 0 Å². The van der Waals surface area contributed by atoms with Gasteiger partial charge in [0.2, 0.25) is 0 Å². The summed E-state index contributed by atoms with van der Waals surface area (Å²) in [6, 6.07) is 0. The highest BCUT2D eigenvalue weighted by atomic mass is 16.6. The Hall–Kier alpha value is -1.10. The van der Waals surface area contributed by atoms with Gasteiger partial charge in [0.1, 0.15) is 11.7 Å². The Labute approximate surface area is 120 Å². The molecule has 1 saturated heterocycles. The number of hydrogen-bond acceptors (Lipinski definition) is 5. The molecule has 5 heteroatoms. The van der Waals surface area contributed by atoms with Crippen molar-refractivity contribution in [2.45, 2.75) is 71.2 Å². The van der Waals surface area contributed by atoms with E-state index in [0.29, 0.717) is 19.4 Å². The Morgan fingerprint density at radius 1 is 1.15 bits per heavy atom. The maximum Gasteiger partial charge on any atom is 0.302 e. The van der Waals surface area contributed by atoms with Crippen LogP contribution in [0.3, 0.4) is 0 Å². The Bertz CT molecular complexity index is 430. The Balaban J connectivity index is 2.06. The van der Waals surface area contributed by atoms with Crippen LogP contribution in [0.5, 0.6) is 0 Å². The first kappa shape index (κ1) is 15.3. The molecular formula is C15H24O5. The highest BCUT2D eigenvalue weighted by Crippen LogP contribution is 2.67. The molecule has 2 aliphatic rings. The predicted octanol–water partition coefficient (Wildman–Crippen LogP) is 2.22. The average molecular weight is 284 g/mol. The molecule has 1 aliphatic heterocycles. The lowest BCUT2D eigenvalue weighted by atomic mass is 9.62. The molecule has 0 aromatic rings. The first-order valence-corrected chi connectivity index (χ1v) is 7.13. The van der Waals surface area contributed by atoms with Gasteiger partial charge in [-0.05, 0) is 13.3 Å². The van der Waals surface area contributed by atoms with Gasteiger partial charge in [0.15, 0.2) is 0 Å². The first-order chi connectivity index (χ1) is 9.12. The molecule has 1 saturated carbocycles. The van der Waals surface area contributed by atoms with Gasteiger partial charge in [-0.3, -0.25) is 9.59 Å². The van der Waals surface area contributed by atoms with Crippen molar-refractivity contribution in [3.05, 3.63) is 0 Å². The average Bonchev–Trinajstić information content (AvgIpc) is 2.82. The number of esters is 2. The van der Waals surface area contributed by atoms with Gasteiger partial charge in [-0.15, -0.1) is 0 Å². The van der Waals surface area contributed by atoms with Crippen LogP contribution in [0.4, 0.5) is 0 Å². The third-order valence-electron chi connectivity index (χ3n) is 4.75. The highest BCUT2D eigenvalue weighted by Gasteiger charge is 2.75. The number of hydrogen-bond donors (Lipinski definition) is 0. The van der Waals surface area contributed by atoms with Crippen molar-refractivity contribution in [3.63, 3.8) is 0 Å². The fraction of sp³-hybridized carbons (Fsp3) is 0.867. The number of epoxide rings is 1. The van der Waals surface area contributed by atoms with Crippen LogP contribution in [0.15, 0.2) is 0 Å².